The number of aromatic nitrogens is 4. The molecule has 0 atom stereocenters. The SMILES string of the molecule is Cn1ccc(COc2nc3ccc(C(=O)NCCCC4=NC=CC4)cc3nc2-c2ccc(F)cc2)n1. The molecule has 182 valence electrons. The van der Waals surface area contributed by atoms with E-state index in [0.717, 1.165) is 30.7 Å². The van der Waals surface area contributed by atoms with Gasteiger partial charge in [0.05, 0.1) is 16.7 Å². The molecule has 0 saturated heterocycles. The second-order valence-electron chi connectivity index (χ2n) is 8.50. The average Bonchev–Trinajstić information content (AvgIpc) is 3.56. The first kappa shape index (κ1) is 23.3. The summed E-state index contributed by atoms with van der Waals surface area (Å²) in [5, 5.41) is 7.28. The summed E-state index contributed by atoms with van der Waals surface area (Å²) in [5.41, 5.74) is 4.61. The summed E-state index contributed by atoms with van der Waals surface area (Å²) < 4.78 is 21.2. The first-order valence-electron chi connectivity index (χ1n) is 11.7. The smallest absolute Gasteiger partial charge is 0.251 e. The number of nitrogens with one attached hydrogen (secondary N) is 1. The van der Waals surface area contributed by atoms with Crippen molar-refractivity contribution in [1.29, 1.82) is 0 Å². The Morgan fingerprint density at radius 2 is 1.97 bits per heavy atom. The van der Waals surface area contributed by atoms with Gasteiger partial charge in [-0.2, -0.15) is 5.10 Å². The van der Waals surface area contributed by atoms with Crippen LogP contribution in [0.3, 0.4) is 0 Å². The van der Waals surface area contributed by atoms with Gasteiger partial charge in [0.15, 0.2) is 0 Å². The minimum Gasteiger partial charge on any atom is -0.470 e. The number of hydrogen-bond acceptors (Lipinski definition) is 6. The number of ether oxygens (including phenoxy) is 1. The molecule has 0 fully saturated rings. The molecule has 8 nitrogen and oxygen atoms in total. The molecule has 1 N–H and O–H groups in total. The molecule has 5 rings (SSSR count). The molecule has 2 aromatic carbocycles. The minimum absolute atomic E-state index is 0.177. The van der Waals surface area contributed by atoms with Gasteiger partial charge in [-0.3, -0.25) is 14.5 Å². The summed E-state index contributed by atoms with van der Waals surface area (Å²) in [6, 6.07) is 13.0. The van der Waals surface area contributed by atoms with Crippen molar-refractivity contribution < 1.29 is 13.9 Å². The van der Waals surface area contributed by atoms with E-state index in [1.807, 2.05) is 31.6 Å². The van der Waals surface area contributed by atoms with Crippen molar-refractivity contribution in [1.82, 2.24) is 25.1 Å². The number of hydrogen-bond donors (Lipinski definition) is 1. The Kier molecular flexibility index (Phi) is 6.79. The van der Waals surface area contributed by atoms with Crippen LogP contribution in [-0.2, 0) is 13.7 Å². The van der Waals surface area contributed by atoms with Crippen LogP contribution in [0.15, 0.2) is 72.0 Å². The molecule has 1 aliphatic rings. The minimum atomic E-state index is -0.348. The van der Waals surface area contributed by atoms with Crippen molar-refractivity contribution in [3.05, 3.63) is 84.1 Å². The van der Waals surface area contributed by atoms with Gasteiger partial charge in [0.2, 0.25) is 5.88 Å². The van der Waals surface area contributed by atoms with Crippen LogP contribution in [-0.4, -0.2) is 37.9 Å². The largest absolute Gasteiger partial charge is 0.470 e. The number of aliphatic imine (C=N–C) groups is 1. The number of amides is 1. The number of carbonyl (C=O) groups excluding carboxylic acids is 1. The van der Waals surface area contributed by atoms with Gasteiger partial charge < -0.3 is 10.1 Å². The van der Waals surface area contributed by atoms with Gasteiger partial charge in [-0.25, -0.2) is 14.4 Å². The van der Waals surface area contributed by atoms with Crippen LogP contribution in [0.4, 0.5) is 4.39 Å². The van der Waals surface area contributed by atoms with E-state index in [2.05, 4.69) is 20.4 Å². The van der Waals surface area contributed by atoms with Gasteiger partial charge in [-0.05, 0) is 61.4 Å². The second kappa shape index (κ2) is 10.5. The van der Waals surface area contributed by atoms with E-state index in [9.17, 15) is 9.18 Å². The van der Waals surface area contributed by atoms with Crippen LogP contribution in [0, 0.1) is 5.82 Å². The fraction of sp³-hybridized carbons (Fsp3) is 0.222. The van der Waals surface area contributed by atoms with E-state index in [1.165, 1.54) is 12.1 Å². The van der Waals surface area contributed by atoms with Crippen molar-refractivity contribution in [3.8, 4) is 17.1 Å². The summed E-state index contributed by atoms with van der Waals surface area (Å²) in [6.45, 7) is 0.765. The maximum absolute atomic E-state index is 13.6. The highest BCUT2D eigenvalue weighted by Gasteiger charge is 2.16. The third kappa shape index (κ3) is 5.46. The fourth-order valence-corrected chi connectivity index (χ4v) is 3.92. The van der Waals surface area contributed by atoms with Crippen LogP contribution in [0.2, 0.25) is 0 Å². The Morgan fingerprint density at radius 3 is 2.72 bits per heavy atom. The molecule has 4 aromatic rings. The molecule has 9 heteroatoms. The highest BCUT2D eigenvalue weighted by atomic mass is 19.1. The molecular formula is C27H25FN6O2. The molecular weight excluding hydrogens is 459 g/mol. The molecule has 1 amide bonds. The number of nitrogens with zero attached hydrogens (tertiary/aromatic N) is 5. The monoisotopic (exact) mass is 484 g/mol. The number of halogens is 1. The summed E-state index contributed by atoms with van der Waals surface area (Å²) in [7, 11) is 1.83. The summed E-state index contributed by atoms with van der Waals surface area (Å²) in [6.07, 6.45) is 8.25. The highest BCUT2D eigenvalue weighted by molar-refractivity contribution is 5.97. The molecule has 0 saturated carbocycles. The third-order valence-electron chi connectivity index (χ3n) is 5.78. The Morgan fingerprint density at radius 1 is 1.11 bits per heavy atom. The van der Waals surface area contributed by atoms with E-state index in [0.29, 0.717) is 40.3 Å². The zero-order chi connectivity index (χ0) is 24.9. The first-order chi connectivity index (χ1) is 17.5. The summed E-state index contributed by atoms with van der Waals surface area (Å²) >= 11 is 0. The predicted octanol–water partition coefficient (Wildman–Crippen LogP) is 4.62. The standard InChI is InChI=1S/C27H25FN6O2/c1-34-15-12-22(33-34)17-36-27-25(18-6-9-20(28)10-7-18)31-24-16-19(8-11-23(24)32-27)26(35)30-14-3-5-21-4-2-13-29-21/h2,6-13,15-16H,3-5,14,17H2,1H3,(H,30,35). The van der Waals surface area contributed by atoms with Crippen LogP contribution in [0.5, 0.6) is 5.88 Å². The number of allylic oxidation sites excluding steroid dienone is 1. The number of rotatable bonds is 9. The quantitative estimate of drug-likeness (QED) is 0.350. The summed E-state index contributed by atoms with van der Waals surface area (Å²) in [4.78, 5) is 26.4. The molecule has 0 unspecified atom stereocenters. The maximum Gasteiger partial charge on any atom is 0.251 e. The number of benzene rings is 2. The molecule has 0 bridgehead atoms. The molecule has 3 heterocycles. The van der Waals surface area contributed by atoms with Crippen LogP contribution in [0.25, 0.3) is 22.3 Å². The Hall–Kier alpha value is -4.40. The van der Waals surface area contributed by atoms with E-state index >= 15 is 0 Å². The third-order valence-corrected chi connectivity index (χ3v) is 5.78. The van der Waals surface area contributed by atoms with Crippen molar-refractivity contribution >= 4 is 22.7 Å². The van der Waals surface area contributed by atoms with Crippen molar-refractivity contribution in [3.63, 3.8) is 0 Å². The predicted molar refractivity (Wildman–Crippen MR) is 135 cm³/mol. The van der Waals surface area contributed by atoms with Gasteiger partial charge in [0.1, 0.15) is 18.1 Å². The van der Waals surface area contributed by atoms with Crippen molar-refractivity contribution in [2.45, 2.75) is 25.9 Å². The molecule has 1 aliphatic heterocycles. The molecule has 0 spiro atoms. The summed E-state index contributed by atoms with van der Waals surface area (Å²) in [5.74, 6) is -0.219. The maximum atomic E-state index is 13.6. The van der Waals surface area contributed by atoms with E-state index in [-0.39, 0.29) is 18.3 Å². The Labute approximate surface area is 207 Å². The normalized spacial score (nSPS) is 12.7. The van der Waals surface area contributed by atoms with E-state index in [4.69, 9.17) is 9.72 Å². The van der Waals surface area contributed by atoms with Gasteiger partial charge >= 0.3 is 0 Å². The van der Waals surface area contributed by atoms with Gasteiger partial charge in [-0.1, -0.05) is 6.08 Å². The lowest BCUT2D eigenvalue weighted by Crippen LogP contribution is -2.24. The second-order valence-corrected chi connectivity index (χ2v) is 8.50. The van der Waals surface area contributed by atoms with Gasteiger partial charge in [-0.15, -0.1) is 0 Å². The number of aryl methyl sites for hydroxylation is 1. The van der Waals surface area contributed by atoms with Gasteiger partial charge in [0.25, 0.3) is 5.91 Å². The van der Waals surface area contributed by atoms with Crippen LogP contribution < -0.4 is 10.1 Å². The van der Waals surface area contributed by atoms with Gasteiger partial charge in [0, 0.05) is 49.2 Å². The van der Waals surface area contributed by atoms with Crippen molar-refractivity contribution in [2.24, 2.45) is 12.0 Å². The molecule has 2 aromatic heterocycles. The Bertz CT molecular complexity index is 1460. The fourth-order valence-electron chi connectivity index (χ4n) is 3.92. The zero-order valence-electron chi connectivity index (χ0n) is 19.8. The number of carbonyl (C=O) groups is 1. The lowest BCUT2D eigenvalue weighted by atomic mass is 10.1. The molecule has 0 aliphatic carbocycles. The molecule has 0 radical (unpaired) electrons. The highest BCUT2D eigenvalue weighted by Crippen LogP contribution is 2.30. The lowest BCUT2D eigenvalue weighted by Gasteiger charge is -2.12. The zero-order valence-corrected chi connectivity index (χ0v) is 19.8. The van der Waals surface area contributed by atoms with E-state index < -0.39 is 0 Å². The average molecular weight is 485 g/mol. The number of fused-ring (bicyclic) bond motifs is 1. The Balaban J connectivity index is 1.37. The van der Waals surface area contributed by atoms with Crippen LogP contribution in [0.1, 0.15) is 35.3 Å². The first-order valence-corrected chi connectivity index (χ1v) is 11.7. The van der Waals surface area contributed by atoms with Crippen LogP contribution >= 0.6 is 0 Å². The van der Waals surface area contributed by atoms with Crippen molar-refractivity contribution in [2.75, 3.05) is 6.54 Å². The lowest BCUT2D eigenvalue weighted by molar-refractivity contribution is 0.0953. The van der Waals surface area contributed by atoms with E-state index in [1.54, 1.807) is 35.0 Å². The topological polar surface area (TPSA) is 94.3 Å². The molecule has 36 heavy (non-hydrogen) atoms.